The lowest BCUT2D eigenvalue weighted by Crippen LogP contribution is -2.48. The lowest BCUT2D eigenvalue weighted by Gasteiger charge is -2.42. The molecule has 0 aromatic carbocycles. The SMILES string of the molecule is CCCC[C@H]1C(=O)CCC[C@@H]1O[Si](C)(C)C(C)(C)C. The van der Waals surface area contributed by atoms with Gasteiger partial charge in [0.2, 0.25) is 0 Å². The van der Waals surface area contributed by atoms with E-state index in [0.717, 1.165) is 38.5 Å². The number of rotatable bonds is 5. The first-order valence-electron chi connectivity index (χ1n) is 7.89. The summed E-state index contributed by atoms with van der Waals surface area (Å²) in [5.41, 5.74) is 0. The molecular formula is C16H32O2Si. The van der Waals surface area contributed by atoms with E-state index in [-0.39, 0.29) is 17.1 Å². The Labute approximate surface area is 120 Å². The van der Waals surface area contributed by atoms with Gasteiger partial charge in [-0.3, -0.25) is 4.79 Å². The lowest BCUT2D eigenvalue weighted by molar-refractivity contribution is -0.129. The number of carbonyl (C=O) groups excluding carboxylic acids is 1. The second kappa shape index (κ2) is 6.53. The largest absolute Gasteiger partial charge is 0.413 e. The van der Waals surface area contributed by atoms with Crippen molar-refractivity contribution in [2.75, 3.05) is 0 Å². The molecule has 0 aromatic rings. The van der Waals surface area contributed by atoms with Crippen LogP contribution in [-0.4, -0.2) is 20.2 Å². The molecule has 2 nitrogen and oxygen atoms in total. The van der Waals surface area contributed by atoms with E-state index in [1.54, 1.807) is 0 Å². The van der Waals surface area contributed by atoms with Crippen molar-refractivity contribution < 1.29 is 9.22 Å². The van der Waals surface area contributed by atoms with Crippen LogP contribution in [0.2, 0.25) is 18.1 Å². The highest BCUT2D eigenvalue weighted by Gasteiger charge is 2.42. The van der Waals surface area contributed by atoms with E-state index in [4.69, 9.17) is 4.43 Å². The zero-order valence-corrected chi connectivity index (χ0v) is 14.7. The monoisotopic (exact) mass is 284 g/mol. The molecule has 0 saturated heterocycles. The third kappa shape index (κ3) is 4.42. The van der Waals surface area contributed by atoms with Crippen LogP contribution in [0, 0.1) is 5.92 Å². The third-order valence-electron chi connectivity index (χ3n) is 4.90. The van der Waals surface area contributed by atoms with Gasteiger partial charge in [-0.1, -0.05) is 40.5 Å². The Morgan fingerprint density at radius 3 is 2.47 bits per heavy atom. The summed E-state index contributed by atoms with van der Waals surface area (Å²) in [6, 6.07) is 0. The van der Waals surface area contributed by atoms with Crippen LogP contribution in [0.1, 0.15) is 66.2 Å². The van der Waals surface area contributed by atoms with Crippen molar-refractivity contribution in [1.82, 2.24) is 0 Å². The van der Waals surface area contributed by atoms with Gasteiger partial charge in [0.1, 0.15) is 5.78 Å². The summed E-state index contributed by atoms with van der Waals surface area (Å²) in [7, 11) is -1.76. The standard InChI is InChI=1S/C16H32O2Si/c1-7-8-10-13-14(17)11-9-12-15(13)18-19(5,6)16(2,3)4/h13,15H,7-12H2,1-6H3/t13-,15-/m0/s1. The Bertz CT molecular complexity index is 304. The van der Waals surface area contributed by atoms with Gasteiger partial charge in [0.25, 0.3) is 0 Å². The van der Waals surface area contributed by atoms with Crippen LogP contribution in [0.4, 0.5) is 0 Å². The van der Waals surface area contributed by atoms with E-state index in [1.165, 1.54) is 0 Å². The molecule has 3 heteroatoms. The van der Waals surface area contributed by atoms with E-state index in [9.17, 15) is 4.79 Å². The molecular weight excluding hydrogens is 252 g/mol. The Morgan fingerprint density at radius 2 is 1.95 bits per heavy atom. The molecule has 0 unspecified atom stereocenters. The molecule has 19 heavy (non-hydrogen) atoms. The van der Waals surface area contributed by atoms with Crippen LogP contribution in [0.3, 0.4) is 0 Å². The first-order chi connectivity index (χ1) is 8.69. The molecule has 0 aromatic heterocycles. The minimum absolute atomic E-state index is 0.169. The van der Waals surface area contributed by atoms with Crippen LogP contribution in [0.25, 0.3) is 0 Å². The molecule has 0 bridgehead atoms. The molecule has 0 radical (unpaired) electrons. The molecule has 1 saturated carbocycles. The number of carbonyl (C=O) groups is 1. The van der Waals surface area contributed by atoms with Crippen molar-refractivity contribution >= 4 is 14.1 Å². The third-order valence-corrected chi connectivity index (χ3v) is 9.40. The number of hydrogen-bond donors (Lipinski definition) is 0. The van der Waals surface area contributed by atoms with E-state index in [1.807, 2.05) is 0 Å². The van der Waals surface area contributed by atoms with Crippen molar-refractivity contribution in [3.63, 3.8) is 0 Å². The van der Waals surface area contributed by atoms with E-state index in [0.29, 0.717) is 5.78 Å². The second-order valence-corrected chi connectivity index (χ2v) is 12.3. The number of hydrogen-bond acceptors (Lipinski definition) is 2. The molecule has 112 valence electrons. The number of unbranched alkanes of at least 4 members (excludes halogenated alkanes) is 1. The molecule has 0 heterocycles. The van der Waals surface area contributed by atoms with Gasteiger partial charge in [-0.25, -0.2) is 0 Å². The van der Waals surface area contributed by atoms with Crippen molar-refractivity contribution in [3.05, 3.63) is 0 Å². The molecule has 0 N–H and O–H groups in total. The van der Waals surface area contributed by atoms with Crippen molar-refractivity contribution in [3.8, 4) is 0 Å². The number of Topliss-reactive ketones (excluding diaryl/α,β-unsaturated/α-hetero) is 1. The zero-order chi connectivity index (χ0) is 14.7. The molecule has 0 amide bonds. The Hall–Kier alpha value is -0.153. The Balaban J connectivity index is 2.75. The second-order valence-electron chi connectivity index (χ2n) is 7.52. The molecule has 0 spiro atoms. The predicted octanol–water partition coefficient (Wildman–Crippen LogP) is 4.94. The highest BCUT2D eigenvalue weighted by Crippen LogP contribution is 2.40. The topological polar surface area (TPSA) is 26.3 Å². The average molecular weight is 285 g/mol. The van der Waals surface area contributed by atoms with Gasteiger partial charge in [0, 0.05) is 12.3 Å². The first kappa shape index (κ1) is 16.9. The van der Waals surface area contributed by atoms with Crippen molar-refractivity contribution in [2.24, 2.45) is 5.92 Å². The summed E-state index contributed by atoms with van der Waals surface area (Å²) in [5.74, 6) is 0.617. The fraction of sp³-hybridized carbons (Fsp3) is 0.938. The van der Waals surface area contributed by atoms with Crippen LogP contribution in [-0.2, 0) is 9.22 Å². The first-order valence-corrected chi connectivity index (χ1v) is 10.8. The summed E-state index contributed by atoms with van der Waals surface area (Å²) in [4.78, 5) is 12.2. The normalized spacial score (nSPS) is 25.7. The van der Waals surface area contributed by atoms with Crippen LogP contribution >= 0.6 is 0 Å². The van der Waals surface area contributed by atoms with Crippen molar-refractivity contribution in [1.29, 1.82) is 0 Å². The van der Waals surface area contributed by atoms with E-state index < -0.39 is 8.32 Å². The maximum Gasteiger partial charge on any atom is 0.192 e. The van der Waals surface area contributed by atoms with Gasteiger partial charge < -0.3 is 4.43 Å². The molecule has 0 aliphatic heterocycles. The summed E-state index contributed by atoms with van der Waals surface area (Å²) >= 11 is 0. The zero-order valence-electron chi connectivity index (χ0n) is 13.7. The lowest BCUT2D eigenvalue weighted by atomic mass is 9.82. The minimum atomic E-state index is -1.76. The van der Waals surface area contributed by atoms with E-state index >= 15 is 0 Å². The highest BCUT2D eigenvalue weighted by atomic mass is 28.4. The van der Waals surface area contributed by atoms with Crippen LogP contribution < -0.4 is 0 Å². The summed E-state index contributed by atoms with van der Waals surface area (Å²) in [6.45, 7) is 13.6. The Morgan fingerprint density at radius 1 is 1.32 bits per heavy atom. The van der Waals surface area contributed by atoms with Gasteiger partial charge in [-0.05, 0) is 37.4 Å². The summed E-state index contributed by atoms with van der Waals surface area (Å²) < 4.78 is 6.54. The smallest absolute Gasteiger partial charge is 0.192 e. The quantitative estimate of drug-likeness (QED) is 0.669. The highest BCUT2D eigenvalue weighted by molar-refractivity contribution is 6.74. The van der Waals surface area contributed by atoms with Crippen LogP contribution in [0.5, 0.6) is 0 Å². The van der Waals surface area contributed by atoms with Gasteiger partial charge in [0.05, 0.1) is 6.10 Å². The van der Waals surface area contributed by atoms with Crippen molar-refractivity contribution in [2.45, 2.75) is 90.5 Å². The van der Waals surface area contributed by atoms with E-state index in [2.05, 4.69) is 40.8 Å². The average Bonchev–Trinajstić information content (AvgIpc) is 2.26. The van der Waals surface area contributed by atoms with Gasteiger partial charge in [-0.15, -0.1) is 0 Å². The fourth-order valence-electron chi connectivity index (χ4n) is 2.54. The maximum atomic E-state index is 12.2. The predicted molar refractivity (Wildman–Crippen MR) is 83.9 cm³/mol. The maximum absolute atomic E-state index is 12.2. The van der Waals surface area contributed by atoms with Gasteiger partial charge in [0.15, 0.2) is 8.32 Å². The summed E-state index contributed by atoms with van der Waals surface area (Å²) in [6.07, 6.45) is 6.38. The molecule has 1 aliphatic rings. The summed E-state index contributed by atoms with van der Waals surface area (Å²) in [5, 5.41) is 0.225. The van der Waals surface area contributed by atoms with Gasteiger partial charge in [-0.2, -0.15) is 0 Å². The number of ketones is 1. The molecule has 1 fully saturated rings. The fourth-order valence-corrected chi connectivity index (χ4v) is 3.93. The van der Waals surface area contributed by atoms with Gasteiger partial charge >= 0.3 is 0 Å². The minimum Gasteiger partial charge on any atom is -0.413 e. The molecule has 1 aliphatic carbocycles. The molecule has 1 rings (SSSR count). The Kier molecular flexibility index (Phi) is 5.81. The van der Waals surface area contributed by atoms with Crippen LogP contribution in [0.15, 0.2) is 0 Å². The molecule has 2 atom stereocenters.